The fraction of sp³-hybridized carbons (Fsp3) is 0.500. The van der Waals surface area contributed by atoms with E-state index in [1.54, 1.807) is 31.2 Å². The number of likely N-dealkylation sites (N-methyl/N-ethyl adjacent to an activating group) is 1. The molecule has 1 atom stereocenters. The zero-order valence-electron chi connectivity index (χ0n) is 13.3. The maximum atomic E-state index is 12.7. The lowest BCUT2D eigenvalue weighted by Crippen LogP contribution is -2.33. The van der Waals surface area contributed by atoms with E-state index in [2.05, 4.69) is 10.2 Å². The van der Waals surface area contributed by atoms with E-state index in [-0.39, 0.29) is 11.6 Å². The van der Waals surface area contributed by atoms with Crippen LogP contribution in [0.15, 0.2) is 18.5 Å². The van der Waals surface area contributed by atoms with E-state index in [4.69, 9.17) is 0 Å². The second-order valence-electron chi connectivity index (χ2n) is 5.51. The first kappa shape index (κ1) is 17.0. The van der Waals surface area contributed by atoms with Gasteiger partial charge in [-0.3, -0.25) is 14.2 Å². The molecule has 2 aromatic rings. The zero-order chi connectivity index (χ0) is 17.4. The summed E-state index contributed by atoms with van der Waals surface area (Å²) in [5.41, 5.74) is 0.126. The smallest absolute Gasteiger partial charge is 0.339 e. The Morgan fingerprint density at radius 2 is 2.09 bits per heavy atom. The standard InChI is InChI=1S/C14H18F3N5O/c1-9-5-12(14(15,16)17)19-22(9)10(2)13(23)20(3)7-11-6-18-21(4)8-11/h5-6,8,10H,7H2,1-4H3/t10-/m1/s1. The first-order chi connectivity index (χ1) is 10.6. The lowest BCUT2D eigenvalue weighted by atomic mass is 10.2. The van der Waals surface area contributed by atoms with Crippen LogP contribution in [0.2, 0.25) is 0 Å². The third-order valence-corrected chi connectivity index (χ3v) is 3.49. The highest BCUT2D eigenvalue weighted by Crippen LogP contribution is 2.29. The number of rotatable bonds is 4. The summed E-state index contributed by atoms with van der Waals surface area (Å²) in [5.74, 6) is -0.325. The molecule has 6 nitrogen and oxygen atoms in total. The highest BCUT2D eigenvalue weighted by Gasteiger charge is 2.35. The van der Waals surface area contributed by atoms with Crippen LogP contribution in [0.5, 0.6) is 0 Å². The van der Waals surface area contributed by atoms with Gasteiger partial charge < -0.3 is 4.90 Å². The van der Waals surface area contributed by atoms with Crippen LogP contribution in [0.4, 0.5) is 13.2 Å². The van der Waals surface area contributed by atoms with Crippen molar-refractivity contribution < 1.29 is 18.0 Å². The predicted octanol–water partition coefficient (Wildman–Crippen LogP) is 2.16. The third kappa shape index (κ3) is 3.72. The van der Waals surface area contributed by atoms with Crippen LogP contribution in [0, 0.1) is 6.92 Å². The molecular weight excluding hydrogens is 311 g/mol. The van der Waals surface area contributed by atoms with Crippen molar-refractivity contribution in [2.75, 3.05) is 7.05 Å². The second kappa shape index (κ2) is 6.05. The average molecular weight is 329 g/mol. The lowest BCUT2D eigenvalue weighted by Gasteiger charge is -2.22. The van der Waals surface area contributed by atoms with Gasteiger partial charge in [0.2, 0.25) is 5.91 Å². The Hall–Kier alpha value is -2.32. The Morgan fingerprint density at radius 1 is 1.43 bits per heavy atom. The van der Waals surface area contributed by atoms with Gasteiger partial charge in [0.1, 0.15) is 6.04 Å². The van der Waals surface area contributed by atoms with E-state index in [0.29, 0.717) is 6.54 Å². The van der Waals surface area contributed by atoms with Crippen LogP contribution in [-0.4, -0.2) is 37.4 Å². The number of nitrogens with zero attached hydrogens (tertiary/aromatic N) is 5. The van der Waals surface area contributed by atoms with Gasteiger partial charge in [0.05, 0.1) is 6.20 Å². The largest absolute Gasteiger partial charge is 0.435 e. The number of hydrogen-bond donors (Lipinski definition) is 0. The minimum Gasteiger partial charge on any atom is -0.339 e. The van der Waals surface area contributed by atoms with Crippen LogP contribution >= 0.6 is 0 Å². The van der Waals surface area contributed by atoms with Crippen molar-refractivity contribution >= 4 is 5.91 Å². The van der Waals surface area contributed by atoms with Gasteiger partial charge in [0.15, 0.2) is 5.69 Å². The number of halogens is 3. The number of aryl methyl sites for hydroxylation is 2. The van der Waals surface area contributed by atoms with Gasteiger partial charge in [-0.25, -0.2) is 0 Å². The van der Waals surface area contributed by atoms with Gasteiger partial charge in [-0.15, -0.1) is 0 Å². The molecule has 0 aliphatic rings. The summed E-state index contributed by atoms with van der Waals surface area (Å²) in [4.78, 5) is 13.9. The molecule has 0 unspecified atom stereocenters. The molecule has 0 bridgehead atoms. The monoisotopic (exact) mass is 329 g/mol. The van der Waals surface area contributed by atoms with E-state index >= 15 is 0 Å². The SMILES string of the molecule is Cc1cc(C(F)(F)F)nn1[C@H](C)C(=O)N(C)Cc1cnn(C)c1. The second-order valence-corrected chi connectivity index (χ2v) is 5.51. The molecule has 2 aromatic heterocycles. The van der Waals surface area contributed by atoms with E-state index in [1.165, 1.54) is 18.7 Å². The van der Waals surface area contributed by atoms with Crippen molar-refractivity contribution in [1.29, 1.82) is 0 Å². The van der Waals surface area contributed by atoms with Crippen molar-refractivity contribution in [3.05, 3.63) is 35.4 Å². The quantitative estimate of drug-likeness (QED) is 0.864. The highest BCUT2D eigenvalue weighted by molar-refractivity contribution is 5.79. The van der Waals surface area contributed by atoms with Crippen LogP contribution in [0.3, 0.4) is 0 Å². The van der Waals surface area contributed by atoms with Crippen molar-refractivity contribution in [3.8, 4) is 0 Å². The summed E-state index contributed by atoms with van der Waals surface area (Å²) in [6.45, 7) is 3.35. The number of carbonyl (C=O) groups excluding carboxylic acids is 1. The van der Waals surface area contributed by atoms with Gasteiger partial charge in [0, 0.05) is 38.1 Å². The molecule has 0 aromatic carbocycles. The van der Waals surface area contributed by atoms with Crippen molar-refractivity contribution in [2.45, 2.75) is 32.6 Å². The number of alkyl halides is 3. The maximum Gasteiger partial charge on any atom is 0.435 e. The fourth-order valence-corrected chi connectivity index (χ4v) is 2.35. The molecule has 9 heteroatoms. The Morgan fingerprint density at radius 3 is 2.57 bits per heavy atom. The van der Waals surface area contributed by atoms with Gasteiger partial charge in [-0.05, 0) is 19.9 Å². The first-order valence-corrected chi connectivity index (χ1v) is 6.95. The molecule has 2 heterocycles. The molecule has 0 aliphatic carbocycles. The first-order valence-electron chi connectivity index (χ1n) is 6.95. The Labute approximate surface area is 131 Å². The third-order valence-electron chi connectivity index (χ3n) is 3.49. The minimum atomic E-state index is -4.53. The molecule has 0 aliphatic heterocycles. The molecule has 2 rings (SSSR count). The molecule has 1 amide bonds. The van der Waals surface area contributed by atoms with Crippen LogP contribution < -0.4 is 0 Å². The summed E-state index contributed by atoms with van der Waals surface area (Å²) in [7, 11) is 3.36. The minimum absolute atomic E-state index is 0.285. The van der Waals surface area contributed by atoms with Gasteiger partial charge in [-0.1, -0.05) is 0 Å². The van der Waals surface area contributed by atoms with E-state index in [0.717, 1.165) is 16.3 Å². The molecule has 0 fully saturated rings. The Balaban J connectivity index is 2.14. The summed E-state index contributed by atoms with van der Waals surface area (Å²) in [6.07, 6.45) is -1.12. The average Bonchev–Trinajstić information content (AvgIpc) is 3.02. The van der Waals surface area contributed by atoms with Crippen LogP contribution in [-0.2, 0) is 24.6 Å². The van der Waals surface area contributed by atoms with Crippen molar-refractivity contribution in [1.82, 2.24) is 24.5 Å². The molecule has 0 spiro atoms. The van der Waals surface area contributed by atoms with Crippen LogP contribution in [0.1, 0.15) is 29.9 Å². The van der Waals surface area contributed by atoms with Gasteiger partial charge >= 0.3 is 6.18 Å². The molecule has 0 saturated carbocycles. The maximum absolute atomic E-state index is 12.7. The molecule has 0 N–H and O–H groups in total. The molecule has 0 radical (unpaired) electrons. The zero-order valence-corrected chi connectivity index (χ0v) is 13.3. The van der Waals surface area contributed by atoms with E-state index in [1.807, 2.05) is 0 Å². The van der Waals surface area contributed by atoms with Gasteiger partial charge in [0.25, 0.3) is 0 Å². The molecule has 0 saturated heterocycles. The topological polar surface area (TPSA) is 56.0 Å². The Kier molecular flexibility index (Phi) is 4.49. The number of carbonyl (C=O) groups is 1. The summed E-state index contributed by atoms with van der Waals surface area (Å²) in [5, 5.41) is 7.54. The number of amides is 1. The normalized spacial score (nSPS) is 13.2. The fourth-order valence-electron chi connectivity index (χ4n) is 2.35. The van der Waals surface area contributed by atoms with E-state index < -0.39 is 17.9 Å². The number of aromatic nitrogens is 4. The lowest BCUT2D eigenvalue weighted by molar-refractivity contribution is -0.142. The molecule has 23 heavy (non-hydrogen) atoms. The van der Waals surface area contributed by atoms with Gasteiger partial charge in [-0.2, -0.15) is 23.4 Å². The molecule has 126 valence electrons. The highest BCUT2D eigenvalue weighted by atomic mass is 19.4. The summed E-state index contributed by atoms with van der Waals surface area (Å²) < 4.78 is 40.9. The van der Waals surface area contributed by atoms with Crippen molar-refractivity contribution in [2.24, 2.45) is 7.05 Å². The van der Waals surface area contributed by atoms with Crippen LogP contribution in [0.25, 0.3) is 0 Å². The Bertz CT molecular complexity index is 704. The summed E-state index contributed by atoms with van der Waals surface area (Å²) in [6, 6.07) is 0.109. The predicted molar refractivity (Wildman–Crippen MR) is 76.4 cm³/mol. The summed E-state index contributed by atoms with van der Waals surface area (Å²) >= 11 is 0. The van der Waals surface area contributed by atoms with E-state index in [9.17, 15) is 18.0 Å². The number of hydrogen-bond acceptors (Lipinski definition) is 3. The molecular formula is C14H18F3N5O. The van der Waals surface area contributed by atoms with Crippen molar-refractivity contribution in [3.63, 3.8) is 0 Å².